The number of hydrogen-bond acceptors (Lipinski definition) is 5. The van der Waals surface area contributed by atoms with Gasteiger partial charge in [-0.25, -0.2) is 4.98 Å². The van der Waals surface area contributed by atoms with Crippen LogP contribution in [0.15, 0.2) is 18.5 Å². The average molecular weight is 331 g/mol. The lowest BCUT2D eigenvalue weighted by atomic mass is 10.2. The second kappa shape index (κ2) is 6.55. The fourth-order valence-electron chi connectivity index (χ4n) is 3.04. The van der Waals surface area contributed by atoms with Gasteiger partial charge in [-0.2, -0.15) is 5.26 Å². The molecule has 1 atom stereocenters. The molecule has 0 bridgehead atoms. The number of nitriles is 1. The lowest BCUT2D eigenvalue weighted by Gasteiger charge is -2.26. The molecular formula is C16H19ClN6. The van der Waals surface area contributed by atoms with Crippen LogP contribution in [0, 0.1) is 17.2 Å². The summed E-state index contributed by atoms with van der Waals surface area (Å²) in [7, 11) is 0. The van der Waals surface area contributed by atoms with Crippen molar-refractivity contribution in [3.63, 3.8) is 0 Å². The Bertz CT molecular complexity index is 732. The maximum atomic E-state index is 9.14. The number of rotatable bonds is 4. The molecule has 3 rings (SSSR count). The molecule has 0 aromatic carbocycles. The zero-order valence-corrected chi connectivity index (χ0v) is 14.0. The smallest absolute Gasteiger partial charge is 0.161 e. The van der Waals surface area contributed by atoms with Crippen LogP contribution < -0.4 is 4.90 Å². The maximum Gasteiger partial charge on any atom is 0.161 e. The Kier molecular flexibility index (Phi) is 4.49. The van der Waals surface area contributed by atoms with E-state index in [0.29, 0.717) is 10.9 Å². The van der Waals surface area contributed by atoms with Crippen molar-refractivity contribution in [1.29, 1.82) is 5.26 Å². The Labute approximate surface area is 140 Å². The second-order valence-corrected chi connectivity index (χ2v) is 6.61. The molecule has 1 unspecified atom stereocenters. The predicted octanol–water partition coefficient (Wildman–Crippen LogP) is 3.20. The minimum absolute atomic E-state index is 0.136. The Morgan fingerprint density at radius 3 is 3.00 bits per heavy atom. The summed E-state index contributed by atoms with van der Waals surface area (Å²) >= 11 is 5.99. The Morgan fingerprint density at radius 2 is 2.26 bits per heavy atom. The van der Waals surface area contributed by atoms with Gasteiger partial charge in [0.05, 0.1) is 11.1 Å². The van der Waals surface area contributed by atoms with Gasteiger partial charge in [0.15, 0.2) is 11.5 Å². The predicted molar refractivity (Wildman–Crippen MR) is 88.1 cm³/mol. The first kappa shape index (κ1) is 15.8. The Morgan fingerprint density at radius 1 is 1.43 bits per heavy atom. The molecule has 6 nitrogen and oxygen atoms in total. The summed E-state index contributed by atoms with van der Waals surface area (Å²) in [5.74, 6) is 2.26. The van der Waals surface area contributed by atoms with Crippen LogP contribution in [-0.4, -0.2) is 26.3 Å². The molecule has 0 saturated carbocycles. The molecule has 2 aromatic rings. The van der Waals surface area contributed by atoms with Crippen molar-refractivity contribution in [1.82, 2.24) is 19.7 Å². The number of nitrogens with zero attached hydrogens (tertiary/aromatic N) is 6. The van der Waals surface area contributed by atoms with E-state index < -0.39 is 0 Å². The molecule has 23 heavy (non-hydrogen) atoms. The third-order valence-electron chi connectivity index (χ3n) is 3.99. The van der Waals surface area contributed by atoms with E-state index in [0.717, 1.165) is 37.6 Å². The van der Waals surface area contributed by atoms with Crippen molar-refractivity contribution in [3.8, 4) is 6.07 Å². The number of aromatic nitrogens is 4. The first-order chi connectivity index (χ1) is 11.1. The summed E-state index contributed by atoms with van der Waals surface area (Å²) < 4.78 is 2.12. The van der Waals surface area contributed by atoms with Crippen LogP contribution in [0.2, 0.25) is 5.02 Å². The van der Waals surface area contributed by atoms with Crippen molar-refractivity contribution in [2.45, 2.75) is 39.3 Å². The largest absolute Gasteiger partial charge is 0.346 e. The van der Waals surface area contributed by atoms with Crippen LogP contribution in [0.4, 0.5) is 5.82 Å². The van der Waals surface area contributed by atoms with Crippen molar-refractivity contribution < 1.29 is 0 Å². The molecule has 0 amide bonds. The van der Waals surface area contributed by atoms with Crippen LogP contribution >= 0.6 is 11.6 Å². The van der Waals surface area contributed by atoms with Gasteiger partial charge in [-0.15, -0.1) is 10.2 Å². The first-order valence-electron chi connectivity index (χ1n) is 7.81. The molecular weight excluding hydrogens is 312 g/mol. The fraction of sp³-hybridized carbons (Fsp3) is 0.500. The van der Waals surface area contributed by atoms with E-state index in [1.54, 1.807) is 12.4 Å². The molecule has 0 aliphatic carbocycles. The lowest BCUT2D eigenvalue weighted by molar-refractivity contribution is 0.487. The highest BCUT2D eigenvalue weighted by Gasteiger charge is 2.31. The first-order valence-corrected chi connectivity index (χ1v) is 8.19. The van der Waals surface area contributed by atoms with Crippen LogP contribution in [0.25, 0.3) is 0 Å². The summed E-state index contributed by atoms with van der Waals surface area (Å²) in [5, 5.41) is 17.9. The molecule has 0 spiro atoms. The highest BCUT2D eigenvalue weighted by atomic mass is 35.5. The molecule has 2 aromatic heterocycles. The van der Waals surface area contributed by atoms with E-state index in [9.17, 15) is 0 Å². The van der Waals surface area contributed by atoms with Crippen LogP contribution in [-0.2, 0) is 6.54 Å². The molecule has 120 valence electrons. The van der Waals surface area contributed by atoms with E-state index >= 15 is 0 Å². The van der Waals surface area contributed by atoms with Gasteiger partial charge in [-0.1, -0.05) is 25.4 Å². The summed E-state index contributed by atoms with van der Waals surface area (Å²) in [6.45, 7) is 6.13. The number of hydrogen-bond donors (Lipinski definition) is 0. The van der Waals surface area contributed by atoms with Crippen molar-refractivity contribution in [2.75, 3.05) is 11.4 Å². The quantitative estimate of drug-likeness (QED) is 0.861. The number of pyridine rings is 1. The molecule has 0 radical (unpaired) electrons. The summed E-state index contributed by atoms with van der Waals surface area (Å²) in [4.78, 5) is 6.59. The van der Waals surface area contributed by atoms with E-state index in [4.69, 9.17) is 16.9 Å². The Balaban J connectivity index is 1.92. The minimum Gasteiger partial charge on any atom is -0.346 e. The highest BCUT2D eigenvalue weighted by Crippen LogP contribution is 2.35. The topological polar surface area (TPSA) is 70.6 Å². The van der Waals surface area contributed by atoms with E-state index in [2.05, 4.69) is 38.5 Å². The zero-order chi connectivity index (χ0) is 16.4. The molecule has 3 heterocycles. The SMILES string of the molecule is CC(C)Cn1cnnc1C1CCCN1c1ccc(Cl)c(C#N)n1. The number of anilines is 1. The summed E-state index contributed by atoms with van der Waals surface area (Å²) in [5.41, 5.74) is 0.262. The van der Waals surface area contributed by atoms with Crippen LogP contribution in [0.1, 0.15) is 44.2 Å². The maximum absolute atomic E-state index is 9.14. The molecule has 1 aliphatic rings. The van der Waals surface area contributed by atoms with Gasteiger partial charge < -0.3 is 9.47 Å². The molecule has 1 fully saturated rings. The van der Waals surface area contributed by atoms with Crippen LogP contribution in [0.3, 0.4) is 0 Å². The molecule has 0 N–H and O–H groups in total. The standard InChI is InChI=1S/C16H19ClN6/c1-11(2)9-22-10-19-21-16(22)14-4-3-7-23(14)15-6-5-12(17)13(8-18)20-15/h5-6,10-11,14H,3-4,7,9H2,1-2H3. The molecule has 1 aliphatic heterocycles. The highest BCUT2D eigenvalue weighted by molar-refractivity contribution is 6.31. The monoisotopic (exact) mass is 330 g/mol. The summed E-state index contributed by atoms with van der Waals surface area (Å²) in [6, 6.07) is 5.78. The zero-order valence-electron chi connectivity index (χ0n) is 13.3. The van der Waals surface area contributed by atoms with Gasteiger partial charge in [-0.3, -0.25) is 0 Å². The van der Waals surface area contributed by atoms with Gasteiger partial charge >= 0.3 is 0 Å². The van der Waals surface area contributed by atoms with E-state index in [-0.39, 0.29) is 11.7 Å². The van der Waals surface area contributed by atoms with Crippen molar-refractivity contribution >= 4 is 17.4 Å². The van der Waals surface area contributed by atoms with Gasteiger partial charge in [0, 0.05) is 13.1 Å². The second-order valence-electron chi connectivity index (χ2n) is 6.20. The lowest BCUT2D eigenvalue weighted by Crippen LogP contribution is -2.26. The van der Waals surface area contributed by atoms with Crippen molar-refractivity contribution in [3.05, 3.63) is 35.0 Å². The molecule has 1 saturated heterocycles. The van der Waals surface area contributed by atoms with Gasteiger partial charge in [0.25, 0.3) is 0 Å². The minimum atomic E-state index is 0.136. The van der Waals surface area contributed by atoms with Crippen LogP contribution in [0.5, 0.6) is 0 Å². The Hall–Kier alpha value is -2.13. The van der Waals surface area contributed by atoms with E-state index in [1.807, 2.05) is 12.1 Å². The number of halogens is 1. The molecule has 7 heteroatoms. The van der Waals surface area contributed by atoms with Gasteiger partial charge in [0.2, 0.25) is 0 Å². The fourth-order valence-corrected chi connectivity index (χ4v) is 3.18. The third-order valence-corrected chi connectivity index (χ3v) is 4.29. The summed E-state index contributed by atoms with van der Waals surface area (Å²) in [6.07, 6.45) is 3.86. The normalized spacial score (nSPS) is 17.7. The van der Waals surface area contributed by atoms with Gasteiger partial charge in [0.1, 0.15) is 18.2 Å². The van der Waals surface area contributed by atoms with Gasteiger partial charge in [-0.05, 0) is 30.9 Å². The van der Waals surface area contributed by atoms with E-state index in [1.165, 1.54) is 0 Å². The average Bonchev–Trinajstić information content (AvgIpc) is 3.15. The third kappa shape index (κ3) is 3.15. The van der Waals surface area contributed by atoms with Crippen molar-refractivity contribution in [2.24, 2.45) is 5.92 Å².